The minimum Gasteiger partial charge on any atom is -0.365 e. The van der Waals surface area contributed by atoms with Crippen molar-refractivity contribution < 1.29 is 4.74 Å². The zero-order chi connectivity index (χ0) is 49.6. The van der Waals surface area contributed by atoms with Gasteiger partial charge in [-0.1, -0.05) is 256 Å². The zero-order valence-electron chi connectivity index (χ0n) is 46.0. The van der Waals surface area contributed by atoms with Gasteiger partial charge in [-0.05, 0) is 86.2 Å². The van der Waals surface area contributed by atoms with E-state index >= 15 is 0 Å². The molecule has 2 saturated carbocycles. The normalized spacial score (nSPS) is 19.2. The molecule has 0 spiro atoms. The third-order valence-corrected chi connectivity index (χ3v) is 16.9. The summed E-state index contributed by atoms with van der Waals surface area (Å²) < 4.78 is 7.84. The second kappa shape index (κ2) is 34.1. The lowest BCUT2D eigenvalue weighted by atomic mass is 9.74. The third-order valence-electron chi connectivity index (χ3n) is 16.9. The number of nitrogens with zero attached hydrogens (tertiary/aromatic N) is 4. The maximum atomic E-state index is 7.84. The molecule has 4 aromatic rings. The SMILES string of the molecule is CCCCCCCCCc1cnc(-c2ccc(C(OC(c3ccc(-c4cnc(CCCCCCCCC)cn4)cc3)C3CCC(CCCCCCC)CC3)C3CCC(CCCCCCC)CC3)cc2)cn1. The smallest absolute Gasteiger partial charge is 0.0885 e. The molecule has 2 aliphatic rings. The predicted octanol–water partition coefficient (Wildman–Crippen LogP) is 20.3. The molecule has 0 amide bonds. The van der Waals surface area contributed by atoms with Crippen molar-refractivity contribution in [2.75, 3.05) is 0 Å². The molecule has 2 aromatic heterocycles. The van der Waals surface area contributed by atoms with Gasteiger partial charge < -0.3 is 4.74 Å². The lowest BCUT2D eigenvalue weighted by Gasteiger charge is -2.40. The highest BCUT2D eigenvalue weighted by Gasteiger charge is 2.36. The van der Waals surface area contributed by atoms with Crippen LogP contribution in [0.3, 0.4) is 0 Å². The highest BCUT2D eigenvalue weighted by atomic mass is 16.5. The summed E-state index contributed by atoms with van der Waals surface area (Å²) in [6, 6.07) is 18.7. The Bertz CT molecular complexity index is 1770. The quantitative estimate of drug-likeness (QED) is 0.0425. The van der Waals surface area contributed by atoms with E-state index in [2.05, 4.69) is 76.2 Å². The Hall–Kier alpha value is -3.44. The molecule has 2 fully saturated rings. The first-order valence-electron chi connectivity index (χ1n) is 30.6. The number of aryl methyl sites for hydroxylation is 2. The number of benzene rings is 2. The van der Waals surface area contributed by atoms with Crippen LogP contribution in [-0.2, 0) is 17.6 Å². The molecule has 0 N–H and O–H groups in total. The molecule has 0 saturated heterocycles. The fraction of sp³-hybridized carbons (Fsp3) is 0.697. The molecule has 6 rings (SSSR count). The zero-order valence-corrected chi connectivity index (χ0v) is 46.0. The van der Waals surface area contributed by atoms with E-state index < -0.39 is 0 Å². The lowest BCUT2D eigenvalue weighted by Crippen LogP contribution is -2.28. The topological polar surface area (TPSA) is 60.8 Å². The highest BCUT2D eigenvalue weighted by molar-refractivity contribution is 5.59. The Kier molecular flexibility index (Phi) is 27.3. The van der Waals surface area contributed by atoms with E-state index in [0.29, 0.717) is 11.8 Å². The number of ether oxygens (including phenoxy) is 1. The molecule has 2 heterocycles. The molecular formula is C66H102N4O. The van der Waals surface area contributed by atoms with E-state index in [0.717, 1.165) is 58.6 Å². The molecule has 0 aliphatic heterocycles. The maximum Gasteiger partial charge on any atom is 0.0885 e. The summed E-state index contributed by atoms with van der Waals surface area (Å²) >= 11 is 0. The molecule has 2 aromatic carbocycles. The van der Waals surface area contributed by atoms with Gasteiger partial charge in [-0.3, -0.25) is 19.9 Å². The maximum absolute atomic E-state index is 7.84. The molecule has 2 unspecified atom stereocenters. The van der Waals surface area contributed by atoms with Gasteiger partial charge in [-0.25, -0.2) is 0 Å². The first-order chi connectivity index (χ1) is 35.1. The van der Waals surface area contributed by atoms with Gasteiger partial charge in [0.15, 0.2) is 0 Å². The van der Waals surface area contributed by atoms with Gasteiger partial charge in [0.25, 0.3) is 0 Å². The summed E-state index contributed by atoms with van der Waals surface area (Å²) in [4.78, 5) is 19.7. The number of rotatable bonds is 36. The van der Waals surface area contributed by atoms with Crippen LogP contribution < -0.4 is 0 Å². The van der Waals surface area contributed by atoms with Crippen LogP contribution in [0.2, 0.25) is 0 Å². The average Bonchev–Trinajstić information content (AvgIpc) is 3.42. The van der Waals surface area contributed by atoms with Crippen LogP contribution in [-0.4, -0.2) is 19.9 Å². The summed E-state index contributed by atoms with van der Waals surface area (Å²) in [5.74, 6) is 2.75. The number of unbranched alkanes of at least 4 members (excludes halogenated alkanes) is 20. The van der Waals surface area contributed by atoms with Crippen LogP contribution >= 0.6 is 0 Å². The summed E-state index contributed by atoms with van der Waals surface area (Å²) in [5, 5.41) is 0. The molecular weight excluding hydrogens is 865 g/mol. The van der Waals surface area contributed by atoms with Crippen molar-refractivity contribution in [2.45, 2.75) is 271 Å². The van der Waals surface area contributed by atoms with Crippen LogP contribution in [0.25, 0.3) is 22.5 Å². The standard InChI is InChI=1S/C66H102N4O/c1-5-9-13-17-19-23-27-31-61-49-69-63(51-67-61)55-41-45-59(46-42-55)65(57-37-33-53(34-38-57)29-25-21-15-11-7-3)71-66(58-39-35-54(36-40-58)30-26-22-16-12-8-4)60-47-43-56(44-48-60)64-52-68-62(50-70-64)32-28-24-20-18-14-10-6-2/h41-54,57-58,65-66H,5-40H2,1-4H3. The first-order valence-corrected chi connectivity index (χ1v) is 30.6. The van der Waals surface area contributed by atoms with Gasteiger partial charge in [0.05, 0.1) is 47.4 Å². The van der Waals surface area contributed by atoms with E-state index in [1.165, 1.54) is 229 Å². The van der Waals surface area contributed by atoms with Gasteiger partial charge in [-0.15, -0.1) is 0 Å². The summed E-state index contributed by atoms with van der Waals surface area (Å²) in [5.41, 5.74) is 9.09. The van der Waals surface area contributed by atoms with Crippen LogP contribution in [0.4, 0.5) is 0 Å². The van der Waals surface area contributed by atoms with Crippen molar-refractivity contribution in [1.29, 1.82) is 0 Å². The number of hydrogen-bond donors (Lipinski definition) is 0. The van der Waals surface area contributed by atoms with Gasteiger partial charge >= 0.3 is 0 Å². The predicted molar refractivity (Wildman–Crippen MR) is 303 cm³/mol. The van der Waals surface area contributed by atoms with E-state index in [9.17, 15) is 0 Å². The fourth-order valence-corrected chi connectivity index (χ4v) is 12.2. The van der Waals surface area contributed by atoms with E-state index in [1.54, 1.807) is 0 Å². The first kappa shape index (κ1) is 56.8. The Morgan fingerprint density at radius 2 is 0.690 bits per heavy atom. The van der Waals surface area contributed by atoms with Crippen LogP contribution in [0.1, 0.15) is 281 Å². The minimum atomic E-state index is 0.0562. The molecule has 5 heteroatoms. The van der Waals surface area contributed by atoms with E-state index in [-0.39, 0.29) is 12.2 Å². The second-order valence-corrected chi connectivity index (χ2v) is 22.7. The molecule has 5 nitrogen and oxygen atoms in total. The summed E-state index contributed by atoms with van der Waals surface area (Å²) in [6.07, 6.45) is 55.6. The number of hydrogen-bond acceptors (Lipinski definition) is 5. The van der Waals surface area contributed by atoms with Crippen molar-refractivity contribution in [1.82, 2.24) is 19.9 Å². The Balaban J connectivity index is 1.18. The Labute approximate surface area is 435 Å². The van der Waals surface area contributed by atoms with Crippen molar-refractivity contribution in [3.63, 3.8) is 0 Å². The molecule has 0 bridgehead atoms. The van der Waals surface area contributed by atoms with Gasteiger partial charge in [-0.2, -0.15) is 0 Å². The Morgan fingerprint density at radius 3 is 1.01 bits per heavy atom. The molecule has 2 atom stereocenters. The van der Waals surface area contributed by atoms with Crippen molar-refractivity contribution in [2.24, 2.45) is 23.7 Å². The van der Waals surface area contributed by atoms with Crippen molar-refractivity contribution >= 4 is 0 Å². The van der Waals surface area contributed by atoms with Crippen LogP contribution in [0.15, 0.2) is 73.3 Å². The largest absolute Gasteiger partial charge is 0.365 e. The van der Waals surface area contributed by atoms with Gasteiger partial charge in [0.1, 0.15) is 0 Å². The lowest BCUT2D eigenvalue weighted by molar-refractivity contribution is -0.0907. The minimum absolute atomic E-state index is 0.0562. The average molecular weight is 968 g/mol. The molecule has 392 valence electrons. The molecule has 2 aliphatic carbocycles. The second-order valence-electron chi connectivity index (χ2n) is 22.7. The Morgan fingerprint density at radius 1 is 0.366 bits per heavy atom. The van der Waals surface area contributed by atoms with E-state index in [1.807, 2.05) is 24.8 Å². The molecule has 0 radical (unpaired) electrons. The van der Waals surface area contributed by atoms with Crippen LogP contribution in [0.5, 0.6) is 0 Å². The summed E-state index contributed by atoms with van der Waals surface area (Å²) in [7, 11) is 0. The van der Waals surface area contributed by atoms with Crippen LogP contribution in [0, 0.1) is 23.7 Å². The number of aromatic nitrogens is 4. The fourth-order valence-electron chi connectivity index (χ4n) is 12.2. The van der Waals surface area contributed by atoms with Crippen molar-refractivity contribution in [3.8, 4) is 22.5 Å². The molecule has 71 heavy (non-hydrogen) atoms. The van der Waals surface area contributed by atoms with E-state index in [4.69, 9.17) is 24.7 Å². The third kappa shape index (κ3) is 20.4. The highest BCUT2D eigenvalue weighted by Crippen LogP contribution is 2.47. The van der Waals surface area contributed by atoms with Gasteiger partial charge in [0.2, 0.25) is 0 Å². The monoisotopic (exact) mass is 967 g/mol. The van der Waals surface area contributed by atoms with Gasteiger partial charge in [0, 0.05) is 23.5 Å². The summed E-state index contributed by atoms with van der Waals surface area (Å²) in [6.45, 7) is 9.23. The van der Waals surface area contributed by atoms with Crippen molar-refractivity contribution in [3.05, 3.63) is 95.8 Å².